The quantitative estimate of drug-likeness (QED) is 0.0823. The molecular weight excluding hydrogens is 727 g/mol. The van der Waals surface area contributed by atoms with Gasteiger partial charge in [-0.15, -0.1) is 0 Å². The lowest BCUT2D eigenvalue weighted by atomic mass is 9.99. The molecule has 0 aliphatic carbocycles. The first-order valence-electron chi connectivity index (χ1n) is 16.5. The summed E-state index contributed by atoms with van der Waals surface area (Å²) in [5.74, 6) is -1.93. The molecule has 0 aliphatic heterocycles. The molecule has 18 heteroatoms. The van der Waals surface area contributed by atoms with Crippen molar-refractivity contribution in [2.75, 3.05) is 25.0 Å². The second-order valence-electron chi connectivity index (χ2n) is 14.5. The minimum absolute atomic E-state index is 0.00952. The topological polar surface area (TPSA) is 159 Å². The zero-order valence-corrected chi connectivity index (χ0v) is 33.0. The van der Waals surface area contributed by atoms with Crippen LogP contribution in [0.15, 0.2) is 53.9 Å². The summed E-state index contributed by atoms with van der Waals surface area (Å²) < 4.78 is 80.1. The zero-order valence-electron chi connectivity index (χ0n) is 30.2. The highest BCUT2D eigenvalue weighted by molar-refractivity contribution is 7.92. The molecular formula is C34H42F2N8O5SSi2. The monoisotopic (exact) mass is 768 g/mol. The summed E-state index contributed by atoms with van der Waals surface area (Å²) in [5.41, 5.74) is 0.300. The average Bonchev–Trinajstić information content (AvgIpc) is 3.69. The molecule has 13 nitrogen and oxygen atoms in total. The van der Waals surface area contributed by atoms with E-state index in [1.54, 1.807) is 18.5 Å². The van der Waals surface area contributed by atoms with Crippen molar-refractivity contribution in [3.63, 3.8) is 0 Å². The van der Waals surface area contributed by atoms with E-state index in [1.165, 1.54) is 30.1 Å². The van der Waals surface area contributed by atoms with Crippen LogP contribution in [0.25, 0.3) is 33.5 Å². The van der Waals surface area contributed by atoms with Gasteiger partial charge in [-0.05, 0) is 24.2 Å². The van der Waals surface area contributed by atoms with Crippen LogP contribution < -0.4 is 9.46 Å². The van der Waals surface area contributed by atoms with Gasteiger partial charge in [0.15, 0.2) is 22.4 Å². The van der Waals surface area contributed by atoms with Crippen molar-refractivity contribution in [1.82, 2.24) is 29.3 Å². The largest absolute Gasteiger partial charge is 0.480 e. The average molecular weight is 769 g/mol. The molecule has 0 spiro atoms. The minimum atomic E-state index is -4.56. The van der Waals surface area contributed by atoms with Crippen molar-refractivity contribution < 1.29 is 31.4 Å². The Labute approximate surface area is 303 Å². The maximum Gasteiger partial charge on any atom is 0.268 e. The van der Waals surface area contributed by atoms with Crippen LogP contribution in [0.4, 0.5) is 14.6 Å². The first-order valence-corrected chi connectivity index (χ1v) is 25.4. The van der Waals surface area contributed by atoms with Gasteiger partial charge >= 0.3 is 0 Å². The van der Waals surface area contributed by atoms with Gasteiger partial charge in [0.1, 0.15) is 42.1 Å². The van der Waals surface area contributed by atoms with Gasteiger partial charge in [0.25, 0.3) is 10.0 Å². The first kappa shape index (κ1) is 38.7. The number of aromatic nitrogens is 6. The number of anilines is 1. The molecule has 0 amide bonds. The molecule has 52 heavy (non-hydrogen) atoms. The van der Waals surface area contributed by atoms with Crippen LogP contribution in [0, 0.1) is 23.0 Å². The lowest BCUT2D eigenvalue weighted by Gasteiger charge is -2.16. The number of nitrogens with zero attached hydrogens (tertiary/aromatic N) is 7. The molecule has 0 saturated carbocycles. The van der Waals surface area contributed by atoms with Gasteiger partial charge in [0.2, 0.25) is 5.88 Å². The fourth-order valence-electron chi connectivity index (χ4n) is 5.21. The number of methoxy groups -OCH3 is 1. The third-order valence-corrected chi connectivity index (χ3v) is 12.8. The van der Waals surface area contributed by atoms with E-state index in [4.69, 9.17) is 19.3 Å². The van der Waals surface area contributed by atoms with Crippen molar-refractivity contribution in [2.24, 2.45) is 0 Å². The Bertz CT molecular complexity index is 2230. The molecule has 1 aromatic carbocycles. The number of rotatable bonds is 16. The third-order valence-electron chi connectivity index (χ3n) is 8.07. The third kappa shape index (κ3) is 8.90. The second-order valence-corrected chi connectivity index (χ2v) is 27.4. The Morgan fingerprint density at radius 1 is 0.923 bits per heavy atom. The van der Waals surface area contributed by atoms with E-state index in [1.807, 2.05) is 10.6 Å². The Morgan fingerprint density at radius 2 is 1.62 bits per heavy atom. The van der Waals surface area contributed by atoms with Crippen molar-refractivity contribution in [2.45, 2.75) is 69.7 Å². The highest BCUT2D eigenvalue weighted by Crippen LogP contribution is 2.37. The standard InChI is InChI=1S/C34H42F2N8O5SSi2/c1-47-34-28(18-23(35)20-40-34)50(45,46)42-32-27(19-37)24(10-11-38-32)25-8-9-26-30(33-39-12-13-43(33)21-48-14-16-51(2,3)4)41-44(31(26)29(25)36)22-49-15-17-52(5,6)7/h8-13,18,20H,14-17,21-22H2,1-7H3,(H,38,42). The van der Waals surface area contributed by atoms with Crippen LogP contribution in [0.1, 0.15) is 5.56 Å². The molecule has 5 aromatic rings. The lowest BCUT2D eigenvalue weighted by molar-refractivity contribution is 0.0812. The smallest absolute Gasteiger partial charge is 0.268 e. The summed E-state index contributed by atoms with van der Waals surface area (Å²) in [4.78, 5) is 11.7. The molecule has 0 fully saturated rings. The van der Waals surface area contributed by atoms with Crippen molar-refractivity contribution >= 4 is 42.9 Å². The number of nitriles is 1. The molecule has 0 radical (unpaired) electrons. The van der Waals surface area contributed by atoms with E-state index in [0.717, 1.165) is 24.4 Å². The molecule has 1 N–H and O–H groups in total. The predicted molar refractivity (Wildman–Crippen MR) is 199 cm³/mol. The highest BCUT2D eigenvalue weighted by Gasteiger charge is 2.27. The van der Waals surface area contributed by atoms with Crippen molar-refractivity contribution in [3.8, 4) is 34.6 Å². The number of imidazole rings is 1. The maximum absolute atomic E-state index is 16.9. The van der Waals surface area contributed by atoms with Crippen molar-refractivity contribution in [1.29, 1.82) is 5.26 Å². The van der Waals surface area contributed by atoms with E-state index in [9.17, 15) is 18.1 Å². The van der Waals surface area contributed by atoms with Gasteiger partial charge < -0.3 is 18.8 Å². The Kier molecular flexibility index (Phi) is 11.6. The van der Waals surface area contributed by atoms with Crippen molar-refractivity contribution in [3.05, 3.63) is 66.3 Å². The normalized spacial score (nSPS) is 12.3. The number of benzene rings is 1. The predicted octanol–water partition coefficient (Wildman–Crippen LogP) is 6.94. The van der Waals surface area contributed by atoms with Gasteiger partial charge in [0.05, 0.1) is 13.3 Å². The van der Waals surface area contributed by atoms with Gasteiger partial charge in [-0.3, -0.25) is 4.72 Å². The molecule has 0 bridgehead atoms. The summed E-state index contributed by atoms with van der Waals surface area (Å²) in [5, 5.41) is 15.5. The molecule has 4 heterocycles. The molecule has 0 atom stereocenters. The number of fused-ring (bicyclic) bond motifs is 1. The maximum atomic E-state index is 16.9. The number of sulfonamides is 1. The van der Waals surface area contributed by atoms with Crippen LogP contribution in [0.5, 0.6) is 5.88 Å². The van der Waals surface area contributed by atoms with E-state index in [0.29, 0.717) is 30.1 Å². The molecule has 5 rings (SSSR count). The first-order chi connectivity index (χ1) is 24.5. The fourth-order valence-corrected chi connectivity index (χ4v) is 7.88. The highest BCUT2D eigenvalue weighted by atomic mass is 32.2. The number of ether oxygens (including phenoxy) is 3. The summed E-state index contributed by atoms with van der Waals surface area (Å²) >= 11 is 0. The van der Waals surface area contributed by atoms with E-state index < -0.39 is 48.5 Å². The number of nitrogens with one attached hydrogen (secondary N) is 1. The summed E-state index contributed by atoms with van der Waals surface area (Å²) in [6.45, 7) is 14.8. The van der Waals surface area contributed by atoms with Crippen LogP contribution >= 0.6 is 0 Å². The molecule has 0 unspecified atom stereocenters. The van der Waals surface area contributed by atoms with E-state index in [2.05, 4.69) is 59.0 Å². The van der Waals surface area contributed by atoms with E-state index in [-0.39, 0.29) is 41.5 Å². The minimum Gasteiger partial charge on any atom is -0.480 e. The van der Waals surface area contributed by atoms with Gasteiger partial charge in [-0.1, -0.05) is 45.3 Å². The molecule has 4 aromatic heterocycles. The number of hydrogen-bond acceptors (Lipinski definition) is 10. The van der Waals surface area contributed by atoms with Gasteiger partial charge in [0, 0.05) is 70.5 Å². The second kappa shape index (κ2) is 15.6. The Balaban J connectivity index is 1.57. The molecule has 0 saturated heterocycles. The Hall–Kier alpha value is -4.55. The molecule has 0 aliphatic rings. The van der Waals surface area contributed by atoms with Crippen LogP contribution in [-0.4, -0.2) is 74.2 Å². The Morgan fingerprint density at radius 3 is 2.27 bits per heavy atom. The SMILES string of the molecule is COc1ncc(F)cc1S(=O)(=O)Nc1nccc(-c2ccc3c(-c4nccn4COCC[Si](C)(C)C)nn(COCC[Si](C)(C)C)c3c2F)c1C#N. The summed E-state index contributed by atoms with van der Waals surface area (Å²) in [6, 6.07) is 9.14. The number of hydrogen-bond donors (Lipinski definition) is 1. The van der Waals surface area contributed by atoms with Crippen LogP contribution in [0.2, 0.25) is 51.4 Å². The van der Waals surface area contributed by atoms with Gasteiger partial charge in [-0.2, -0.15) is 10.4 Å². The molecule has 276 valence electrons. The van der Waals surface area contributed by atoms with Gasteiger partial charge in [-0.25, -0.2) is 36.8 Å². The zero-order chi connectivity index (χ0) is 37.8. The summed E-state index contributed by atoms with van der Waals surface area (Å²) in [7, 11) is -6.09. The van der Waals surface area contributed by atoms with Crippen LogP contribution in [0.3, 0.4) is 0 Å². The number of halogens is 2. The lowest BCUT2D eigenvalue weighted by Crippen LogP contribution is -2.22. The fraction of sp³-hybridized carbons (Fsp3) is 0.382. The van der Waals surface area contributed by atoms with Crippen LogP contribution in [-0.2, 0) is 33.0 Å². The number of pyridine rings is 2. The summed E-state index contributed by atoms with van der Waals surface area (Å²) in [6.07, 6.45) is 5.45. The van der Waals surface area contributed by atoms with E-state index >= 15 is 4.39 Å².